The quantitative estimate of drug-likeness (QED) is 0.850. The van der Waals surface area contributed by atoms with Gasteiger partial charge in [0.25, 0.3) is 0 Å². The molecule has 0 saturated carbocycles. The number of sulfone groups is 1. The highest BCUT2D eigenvalue weighted by molar-refractivity contribution is 7.91. The van der Waals surface area contributed by atoms with Crippen LogP contribution in [0.25, 0.3) is 0 Å². The zero-order valence-corrected chi connectivity index (χ0v) is 13.0. The fraction of sp³-hybridized carbons (Fsp3) is 0.267. The normalized spacial score (nSPS) is 11.4. The highest BCUT2D eigenvalue weighted by atomic mass is 32.2. The Morgan fingerprint density at radius 2 is 1.76 bits per heavy atom. The second kappa shape index (κ2) is 6.87. The van der Waals surface area contributed by atoms with Crippen LogP contribution in [-0.2, 0) is 27.5 Å². The largest absolute Gasteiger partial charge is 0.481 e. The van der Waals surface area contributed by atoms with Crippen LogP contribution in [0, 0.1) is 0 Å². The van der Waals surface area contributed by atoms with Crippen LogP contribution in [0.2, 0.25) is 0 Å². The monoisotopic (exact) mass is 324 g/mol. The SMILES string of the molecule is O=C(O)CCc1ccc(S(=O)(=O)CCc2ccsc2)cc1. The summed E-state index contributed by atoms with van der Waals surface area (Å²) in [5, 5.41) is 12.5. The highest BCUT2D eigenvalue weighted by Gasteiger charge is 2.14. The third-order valence-corrected chi connectivity index (χ3v) is 5.61. The Kier molecular flexibility index (Phi) is 5.14. The Bertz CT molecular complexity index is 686. The van der Waals surface area contributed by atoms with Crippen molar-refractivity contribution in [2.75, 3.05) is 5.75 Å². The van der Waals surface area contributed by atoms with E-state index < -0.39 is 15.8 Å². The van der Waals surface area contributed by atoms with E-state index in [1.54, 1.807) is 35.6 Å². The number of benzene rings is 1. The summed E-state index contributed by atoms with van der Waals surface area (Å²) in [6.45, 7) is 0. The molecule has 0 aliphatic carbocycles. The van der Waals surface area contributed by atoms with Gasteiger partial charge in [-0.3, -0.25) is 4.79 Å². The van der Waals surface area contributed by atoms with Crippen molar-refractivity contribution in [1.82, 2.24) is 0 Å². The fourth-order valence-electron chi connectivity index (χ4n) is 1.92. The average Bonchev–Trinajstić information content (AvgIpc) is 2.97. The van der Waals surface area contributed by atoms with Crippen molar-refractivity contribution in [1.29, 1.82) is 0 Å². The molecule has 0 aliphatic heterocycles. The number of aryl methyl sites for hydroxylation is 2. The molecule has 0 aliphatic rings. The third-order valence-electron chi connectivity index (χ3n) is 3.15. The summed E-state index contributed by atoms with van der Waals surface area (Å²) in [5.74, 6) is -0.777. The van der Waals surface area contributed by atoms with E-state index in [0.29, 0.717) is 12.8 Å². The molecule has 2 aromatic rings. The van der Waals surface area contributed by atoms with Crippen LogP contribution in [0.3, 0.4) is 0 Å². The molecule has 0 saturated heterocycles. The van der Waals surface area contributed by atoms with Gasteiger partial charge in [0.15, 0.2) is 9.84 Å². The maximum Gasteiger partial charge on any atom is 0.303 e. The second-order valence-corrected chi connectivity index (χ2v) is 7.63. The molecule has 112 valence electrons. The van der Waals surface area contributed by atoms with Crippen LogP contribution in [0.4, 0.5) is 0 Å². The van der Waals surface area contributed by atoms with Gasteiger partial charge in [0.05, 0.1) is 10.6 Å². The number of hydrogen-bond acceptors (Lipinski definition) is 4. The van der Waals surface area contributed by atoms with Gasteiger partial charge in [-0.1, -0.05) is 12.1 Å². The van der Waals surface area contributed by atoms with Crippen LogP contribution in [0.15, 0.2) is 46.0 Å². The molecule has 0 radical (unpaired) electrons. The molecule has 0 amide bonds. The Balaban J connectivity index is 2.01. The van der Waals surface area contributed by atoms with E-state index in [-0.39, 0.29) is 17.1 Å². The van der Waals surface area contributed by atoms with E-state index in [1.807, 2.05) is 16.8 Å². The molecule has 0 fully saturated rings. The molecule has 2 rings (SSSR count). The average molecular weight is 324 g/mol. The first-order valence-corrected chi connectivity index (χ1v) is 9.11. The number of carboxylic acid groups (broad SMARTS) is 1. The van der Waals surface area contributed by atoms with Gasteiger partial charge < -0.3 is 5.11 Å². The number of thiophene rings is 1. The summed E-state index contributed by atoms with van der Waals surface area (Å²) >= 11 is 1.55. The minimum absolute atomic E-state index is 0.0459. The molecule has 4 nitrogen and oxygen atoms in total. The van der Waals surface area contributed by atoms with Crippen LogP contribution in [-0.4, -0.2) is 25.2 Å². The van der Waals surface area contributed by atoms with E-state index in [2.05, 4.69) is 0 Å². The molecule has 1 aromatic carbocycles. The summed E-state index contributed by atoms with van der Waals surface area (Å²) < 4.78 is 24.4. The Hall–Kier alpha value is -1.66. The summed E-state index contributed by atoms with van der Waals surface area (Å²) in [7, 11) is -3.30. The number of carboxylic acids is 1. The molecular weight excluding hydrogens is 308 g/mol. The lowest BCUT2D eigenvalue weighted by Gasteiger charge is -2.05. The third kappa shape index (κ3) is 4.68. The van der Waals surface area contributed by atoms with Crippen molar-refractivity contribution < 1.29 is 18.3 Å². The number of carbonyl (C=O) groups is 1. The van der Waals surface area contributed by atoms with Crippen LogP contribution < -0.4 is 0 Å². The summed E-state index contributed by atoms with van der Waals surface area (Å²) in [6.07, 6.45) is 0.960. The predicted octanol–water partition coefficient (Wildman–Crippen LogP) is 2.78. The maximum absolute atomic E-state index is 12.2. The Morgan fingerprint density at radius 1 is 1.05 bits per heavy atom. The zero-order chi connectivity index (χ0) is 15.3. The Morgan fingerprint density at radius 3 is 2.33 bits per heavy atom. The first kappa shape index (κ1) is 15.7. The van der Waals surface area contributed by atoms with E-state index in [9.17, 15) is 13.2 Å². The zero-order valence-electron chi connectivity index (χ0n) is 11.4. The summed E-state index contributed by atoms with van der Waals surface area (Å²) in [4.78, 5) is 10.8. The van der Waals surface area contributed by atoms with Gasteiger partial charge in [-0.05, 0) is 52.9 Å². The van der Waals surface area contributed by atoms with Gasteiger partial charge in [-0.15, -0.1) is 0 Å². The van der Waals surface area contributed by atoms with Crippen molar-refractivity contribution in [2.24, 2.45) is 0 Å². The van der Waals surface area contributed by atoms with Gasteiger partial charge in [0.2, 0.25) is 0 Å². The van der Waals surface area contributed by atoms with Gasteiger partial charge in [0, 0.05) is 6.42 Å². The molecule has 1 N–H and O–H groups in total. The number of aliphatic carboxylic acids is 1. The fourth-order valence-corrected chi connectivity index (χ4v) is 3.91. The number of hydrogen-bond donors (Lipinski definition) is 1. The lowest BCUT2D eigenvalue weighted by atomic mass is 10.1. The van der Waals surface area contributed by atoms with Crippen molar-refractivity contribution in [3.63, 3.8) is 0 Å². The van der Waals surface area contributed by atoms with Crippen molar-refractivity contribution in [3.8, 4) is 0 Å². The molecular formula is C15H16O4S2. The topological polar surface area (TPSA) is 71.4 Å². The molecule has 0 spiro atoms. The molecule has 1 aromatic heterocycles. The predicted molar refractivity (Wildman–Crippen MR) is 82.5 cm³/mol. The van der Waals surface area contributed by atoms with E-state index in [4.69, 9.17) is 5.11 Å². The first-order chi connectivity index (χ1) is 9.97. The molecule has 21 heavy (non-hydrogen) atoms. The molecule has 1 heterocycles. The van der Waals surface area contributed by atoms with Crippen LogP contribution in [0.1, 0.15) is 17.5 Å². The highest BCUT2D eigenvalue weighted by Crippen LogP contribution is 2.16. The lowest BCUT2D eigenvalue weighted by molar-refractivity contribution is -0.136. The van der Waals surface area contributed by atoms with E-state index in [0.717, 1.165) is 11.1 Å². The molecule has 0 bridgehead atoms. The lowest BCUT2D eigenvalue weighted by Crippen LogP contribution is -2.09. The smallest absolute Gasteiger partial charge is 0.303 e. The maximum atomic E-state index is 12.2. The van der Waals surface area contributed by atoms with Gasteiger partial charge >= 0.3 is 5.97 Å². The van der Waals surface area contributed by atoms with Gasteiger partial charge in [0.1, 0.15) is 0 Å². The van der Waals surface area contributed by atoms with Crippen LogP contribution >= 0.6 is 11.3 Å². The Labute approximate surface area is 128 Å². The molecule has 6 heteroatoms. The van der Waals surface area contributed by atoms with E-state index >= 15 is 0 Å². The standard InChI is InChI=1S/C15H16O4S2/c16-15(17)6-3-12-1-4-14(5-2-12)21(18,19)10-8-13-7-9-20-11-13/h1-2,4-5,7,9,11H,3,6,8,10H2,(H,16,17). The number of rotatable bonds is 7. The van der Waals surface area contributed by atoms with Crippen molar-refractivity contribution in [3.05, 3.63) is 52.2 Å². The van der Waals surface area contributed by atoms with E-state index in [1.165, 1.54) is 0 Å². The van der Waals surface area contributed by atoms with Gasteiger partial charge in [-0.2, -0.15) is 11.3 Å². The van der Waals surface area contributed by atoms with Crippen LogP contribution in [0.5, 0.6) is 0 Å². The second-order valence-electron chi connectivity index (χ2n) is 4.74. The minimum atomic E-state index is -3.30. The van der Waals surface area contributed by atoms with Gasteiger partial charge in [-0.25, -0.2) is 8.42 Å². The van der Waals surface area contributed by atoms with Crippen molar-refractivity contribution in [2.45, 2.75) is 24.2 Å². The summed E-state index contributed by atoms with van der Waals surface area (Å²) in [5.41, 5.74) is 1.86. The first-order valence-electron chi connectivity index (χ1n) is 6.52. The minimum Gasteiger partial charge on any atom is -0.481 e. The molecule has 0 atom stereocenters. The van der Waals surface area contributed by atoms with Crippen molar-refractivity contribution >= 4 is 27.1 Å². The summed E-state index contributed by atoms with van der Waals surface area (Å²) in [6, 6.07) is 8.40. The molecule has 0 unspecified atom stereocenters.